The second kappa shape index (κ2) is 7.18. The first-order valence-electron chi connectivity index (χ1n) is 6.71. The number of benzene rings is 2. The van der Waals surface area contributed by atoms with Crippen molar-refractivity contribution in [2.75, 3.05) is 14.2 Å². The van der Waals surface area contributed by atoms with Gasteiger partial charge < -0.3 is 9.47 Å². The van der Waals surface area contributed by atoms with Crippen LogP contribution >= 0.6 is 11.8 Å². The lowest BCUT2D eigenvalue weighted by molar-refractivity contribution is 0.108. The van der Waals surface area contributed by atoms with Crippen LogP contribution < -0.4 is 9.47 Å². The van der Waals surface area contributed by atoms with Gasteiger partial charge in [0.2, 0.25) is 5.12 Å². The van der Waals surface area contributed by atoms with Gasteiger partial charge in [0.1, 0.15) is 11.5 Å². The predicted molar refractivity (Wildman–Crippen MR) is 85.6 cm³/mol. The lowest BCUT2D eigenvalue weighted by Crippen LogP contribution is -1.98. The number of carbonyl (C=O) groups excluding carboxylic acids is 1. The van der Waals surface area contributed by atoms with Crippen molar-refractivity contribution in [1.29, 1.82) is 0 Å². The van der Waals surface area contributed by atoms with E-state index in [2.05, 4.69) is 0 Å². The molecule has 2 aromatic rings. The highest BCUT2D eigenvalue weighted by atomic mass is 32.2. The maximum absolute atomic E-state index is 12.2. The van der Waals surface area contributed by atoms with Gasteiger partial charge in [0.25, 0.3) is 0 Å². The third kappa shape index (κ3) is 3.58. The monoisotopic (exact) mass is 302 g/mol. The van der Waals surface area contributed by atoms with Gasteiger partial charge >= 0.3 is 0 Å². The van der Waals surface area contributed by atoms with E-state index >= 15 is 0 Å². The summed E-state index contributed by atoms with van der Waals surface area (Å²) in [6.45, 7) is 2.04. The molecule has 0 saturated heterocycles. The zero-order valence-electron chi connectivity index (χ0n) is 12.4. The zero-order valence-corrected chi connectivity index (χ0v) is 13.2. The highest BCUT2D eigenvalue weighted by Crippen LogP contribution is 2.36. The summed E-state index contributed by atoms with van der Waals surface area (Å²) in [5.74, 6) is 1.50. The van der Waals surface area contributed by atoms with Gasteiger partial charge in [0.15, 0.2) is 0 Å². The Balaban J connectivity index is 2.30. The van der Waals surface area contributed by atoms with Crippen LogP contribution in [0.2, 0.25) is 0 Å². The molecule has 0 aliphatic carbocycles. The molecular weight excluding hydrogens is 284 g/mol. The third-order valence-corrected chi connectivity index (χ3v) is 4.05. The van der Waals surface area contributed by atoms with Crippen molar-refractivity contribution < 1.29 is 14.3 Å². The molecule has 0 fully saturated rings. The number of rotatable bonds is 5. The minimum Gasteiger partial charge on any atom is -0.496 e. The van der Waals surface area contributed by atoms with E-state index in [0.29, 0.717) is 5.56 Å². The van der Waals surface area contributed by atoms with Crippen LogP contribution in [0.4, 0.5) is 0 Å². The van der Waals surface area contributed by atoms with E-state index in [0.717, 1.165) is 28.4 Å². The minimum atomic E-state index is 0.00366. The van der Waals surface area contributed by atoms with Crippen LogP contribution in [0.5, 0.6) is 11.5 Å². The van der Waals surface area contributed by atoms with Crippen LogP contribution in [0.3, 0.4) is 0 Å². The smallest absolute Gasteiger partial charge is 0.224 e. The fourth-order valence-corrected chi connectivity index (χ4v) is 2.91. The molecule has 0 unspecified atom stereocenters. The average molecular weight is 302 g/mol. The molecule has 0 saturated carbocycles. The molecule has 0 atom stereocenters. The summed E-state index contributed by atoms with van der Waals surface area (Å²) in [5.41, 5.74) is 1.69. The Morgan fingerprint density at radius 2 is 1.62 bits per heavy atom. The normalized spacial score (nSPS) is 10.2. The molecule has 2 rings (SSSR count). The Kier molecular flexibility index (Phi) is 5.28. The van der Waals surface area contributed by atoms with Gasteiger partial charge in [-0.05, 0) is 30.3 Å². The fraction of sp³-hybridized carbons (Fsp3) is 0.235. The van der Waals surface area contributed by atoms with Gasteiger partial charge in [-0.2, -0.15) is 0 Å². The van der Waals surface area contributed by atoms with E-state index in [4.69, 9.17) is 9.47 Å². The Hall–Kier alpha value is -1.94. The number of carbonyl (C=O) groups is 1. The van der Waals surface area contributed by atoms with Gasteiger partial charge in [-0.3, -0.25) is 4.79 Å². The zero-order chi connectivity index (χ0) is 15.2. The molecule has 0 spiro atoms. The molecule has 0 amide bonds. The molecule has 2 aromatic carbocycles. The first-order valence-corrected chi connectivity index (χ1v) is 7.53. The van der Waals surface area contributed by atoms with E-state index in [1.165, 1.54) is 11.8 Å². The van der Waals surface area contributed by atoms with Crippen LogP contribution in [0, 0.1) is 0 Å². The molecule has 0 aliphatic heterocycles. The van der Waals surface area contributed by atoms with Crippen LogP contribution in [0.15, 0.2) is 47.4 Å². The van der Waals surface area contributed by atoms with Gasteiger partial charge in [-0.1, -0.05) is 37.3 Å². The summed E-state index contributed by atoms with van der Waals surface area (Å²) in [4.78, 5) is 13.1. The molecule has 0 aromatic heterocycles. The van der Waals surface area contributed by atoms with Crippen LogP contribution in [-0.4, -0.2) is 19.3 Å². The molecule has 0 N–H and O–H groups in total. The average Bonchev–Trinajstić information content (AvgIpc) is 2.54. The maximum atomic E-state index is 12.2. The Morgan fingerprint density at radius 1 is 1.05 bits per heavy atom. The van der Waals surface area contributed by atoms with E-state index in [1.54, 1.807) is 14.2 Å². The van der Waals surface area contributed by atoms with E-state index in [1.807, 2.05) is 49.4 Å². The molecule has 0 aliphatic rings. The van der Waals surface area contributed by atoms with Crippen molar-refractivity contribution in [2.45, 2.75) is 18.2 Å². The summed E-state index contributed by atoms with van der Waals surface area (Å²) in [6.07, 6.45) is 0.809. The van der Waals surface area contributed by atoms with Crippen LogP contribution in [0.1, 0.15) is 22.8 Å². The summed E-state index contributed by atoms with van der Waals surface area (Å²) in [6, 6.07) is 13.0. The topological polar surface area (TPSA) is 35.5 Å². The molecular formula is C17H18O3S. The molecule has 0 bridgehead atoms. The summed E-state index contributed by atoms with van der Waals surface area (Å²) in [7, 11) is 3.25. The maximum Gasteiger partial charge on any atom is 0.224 e. The van der Waals surface area contributed by atoms with E-state index in [9.17, 15) is 4.79 Å². The van der Waals surface area contributed by atoms with Crippen molar-refractivity contribution in [3.05, 3.63) is 53.6 Å². The van der Waals surface area contributed by atoms with Gasteiger partial charge in [0.05, 0.1) is 14.2 Å². The van der Waals surface area contributed by atoms with Crippen molar-refractivity contribution in [3.8, 4) is 11.5 Å². The first-order chi connectivity index (χ1) is 10.2. The van der Waals surface area contributed by atoms with Gasteiger partial charge in [0, 0.05) is 16.0 Å². The highest BCUT2D eigenvalue weighted by Gasteiger charge is 2.14. The third-order valence-electron chi connectivity index (χ3n) is 3.15. The Morgan fingerprint density at radius 3 is 2.10 bits per heavy atom. The predicted octanol–water partition coefficient (Wildman–Crippen LogP) is 4.20. The second-order valence-corrected chi connectivity index (χ2v) is 5.46. The van der Waals surface area contributed by atoms with Gasteiger partial charge in [-0.25, -0.2) is 0 Å². The Bertz CT molecular complexity index is 598. The molecule has 0 radical (unpaired) electrons. The first kappa shape index (κ1) is 15.4. The minimum absolute atomic E-state index is 0.00366. The number of hydrogen-bond donors (Lipinski definition) is 0. The van der Waals surface area contributed by atoms with Crippen molar-refractivity contribution in [2.24, 2.45) is 0 Å². The van der Waals surface area contributed by atoms with Crippen molar-refractivity contribution in [3.63, 3.8) is 0 Å². The molecule has 110 valence electrons. The lowest BCUT2D eigenvalue weighted by atomic mass is 10.1. The van der Waals surface area contributed by atoms with Gasteiger partial charge in [-0.15, -0.1) is 0 Å². The number of ether oxygens (including phenoxy) is 2. The standard InChI is InChI=1S/C17H18O3S/c1-4-14-15(19-2)10-13(11-16(14)20-3)21-17(18)12-8-6-5-7-9-12/h5-11H,4H2,1-3H3. The van der Waals surface area contributed by atoms with Crippen LogP contribution in [0.25, 0.3) is 0 Å². The quantitative estimate of drug-likeness (QED) is 0.776. The SMILES string of the molecule is CCc1c(OC)cc(SC(=O)c2ccccc2)cc1OC. The van der Waals surface area contributed by atoms with Crippen molar-refractivity contribution >= 4 is 16.9 Å². The molecule has 0 heterocycles. The van der Waals surface area contributed by atoms with Crippen LogP contribution in [-0.2, 0) is 6.42 Å². The van der Waals surface area contributed by atoms with Crippen molar-refractivity contribution in [1.82, 2.24) is 0 Å². The fourth-order valence-electron chi connectivity index (χ4n) is 2.11. The summed E-state index contributed by atoms with van der Waals surface area (Å²) >= 11 is 1.18. The Labute approximate surface area is 129 Å². The summed E-state index contributed by atoms with van der Waals surface area (Å²) < 4.78 is 10.8. The molecule has 21 heavy (non-hydrogen) atoms. The molecule has 4 heteroatoms. The number of hydrogen-bond acceptors (Lipinski definition) is 4. The highest BCUT2D eigenvalue weighted by molar-refractivity contribution is 8.14. The largest absolute Gasteiger partial charge is 0.496 e. The lowest BCUT2D eigenvalue weighted by Gasteiger charge is -2.13. The second-order valence-electron chi connectivity index (χ2n) is 4.42. The van der Waals surface area contributed by atoms with E-state index < -0.39 is 0 Å². The number of thioether (sulfide) groups is 1. The van der Waals surface area contributed by atoms with E-state index in [-0.39, 0.29) is 5.12 Å². The molecule has 3 nitrogen and oxygen atoms in total. The number of methoxy groups -OCH3 is 2. The summed E-state index contributed by atoms with van der Waals surface area (Å²) in [5, 5.41) is 0.00366.